The minimum Gasteiger partial charge on any atom is -0.463 e. The maximum absolute atomic E-state index is 12.2. The number of amides is 2. The predicted molar refractivity (Wildman–Crippen MR) is 107 cm³/mol. The fourth-order valence-electron chi connectivity index (χ4n) is 2.60. The van der Waals surface area contributed by atoms with Crippen molar-refractivity contribution in [2.75, 3.05) is 19.8 Å². The van der Waals surface area contributed by atoms with E-state index < -0.39 is 34.0 Å². The van der Waals surface area contributed by atoms with Crippen LogP contribution in [0.25, 0.3) is 0 Å². The van der Waals surface area contributed by atoms with Gasteiger partial charge in [0.2, 0.25) is 10.0 Å². The van der Waals surface area contributed by atoms with E-state index in [9.17, 15) is 22.8 Å². The van der Waals surface area contributed by atoms with Crippen molar-refractivity contribution >= 4 is 39.6 Å². The number of rotatable bonds is 9. The zero-order chi connectivity index (χ0) is 22.3. The van der Waals surface area contributed by atoms with Gasteiger partial charge >= 0.3 is 18.0 Å². The molecule has 2 rings (SSSR count). The van der Waals surface area contributed by atoms with Gasteiger partial charge in [-0.3, -0.25) is 4.79 Å². The van der Waals surface area contributed by atoms with E-state index in [2.05, 4.69) is 15.4 Å². The lowest BCUT2D eigenvalue weighted by Crippen LogP contribution is -2.50. The molecule has 12 heteroatoms. The Bertz CT molecular complexity index is 945. The summed E-state index contributed by atoms with van der Waals surface area (Å²) in [6, 6.07) is 4.39. The van der Waals surface area contributed by atoms with E-state index in [1.165, 1.54) is 24.3 Å². The molecule has 3 N–H and O–H groups in total. The van der Waals surface area contributed by atoms with Crippen LogP contribution in [0, 0.1) is 0 Å². The van der Waals surface area contributed by atoms with Gasteiger partial charge in [0, 0.05) is 11.6 Å². The molecule has 164 valence electrons. The average molecular weight is 460 g/mol. The van der Waals surface area contributed by atoms with Crippen LogP contribution < -0.4 is 15.4 Å². The molecule has 10 nitrogen and oxygen atoms in total. The third-order valence-electron chi connectivity index (χ3n) is 3.99. The van der Waals surface area contributed by atoms with Crippen LogP contribution >= 0.6 is 11.6 Å². The van der Waals surface area contributed by atoms with Crippen molar-refractivity contribution in [2.45, 2.75) is 31.2 Å². The van der Waals surface area contributed by atoms with Crippen molar-refractivity contribution in [2.24, 2.45) is 0 Å². The standard InChI is InChI=1S/C18H22ClN3O7S/c1-3-28-17(24)16-11(2)21-18(25)22-14(16)10-29-15(23)8-9-20-30(26,27)13-6-4-12(19)5-7-13/h4-7,11,20H,3,8-10H2,1-2H3,(H2,21,22,25)/t11-/m1/s1. The van der Waals surface area contributed by atoms with Crippen LogP contribution in [0.5, 0.6) is 0 Å². The van der Waals surface area contributed by atoms with Gasteiger partial charge in [0.05, 0.1) is 35.2 Å². The highest BCUT2D eigenvalue weighted by Gasteiger charge is 2.30. The highest BCUT2D eigenvalue weighted by Crippen LogP contribution is 2.15. The normalized spacial score (nSPS) is 16.5. The van der Waals surface area contributed by atoms with E-state index in [0.717, 1.165) is 0 Å². The lowest BCUT2D eigenvalue weighted by molar-refractivity contribution is -0.143. The maximum Gasteiger partial charge on any atom is 0.338 e. The Kier molecular flexibility index (Phi) is 8.21. The second-order valence-electron chi connectivity index (χ2n) is 6.20. The number of benzene rings is 1. The molecule has 0 unspecified atom stereocenters. The lowest BCUT2D eigenvalue weighted by Gasteiger charge is -2.26. The number of ether oxygens (including phenoxy) is 2. The van der Waals surface area contributed by atoms with Gasteiger partial charge in [-0.05, 0) is 38.1 Å². The quantitative estimate of drug-likeness (QED) is 0.469. The number of hydrogen-bond donors (Lipinski definition) is 3. The van der Waals surface area contributed by atoms with Crippen LogP contribution in [0.1, 0.15) is 20.3 Å². The molecule has 0 fully saturated rings. The van der Waals surface area contributed by atoms with Crippen LogP contribution in [-0.4, -0.2) is 52.2 Å². The van der Waals surface area contributed by atoms with E-state index in [0.29, 0.717) is 5.02 Å². The summed E-state index contributed by atoms with van der Waals surface area (Å²) in [6.45, 7) is 2.82. The molecule has 0 spiro atoms. The van der Waals surface area contributed by atoms with Gasteiger partial charge in [-0.15, -0.1) is 0 Å². The Labute approximate surface area is 179 Å². The van der Waals surface area contributed by atoms with E-state index >= 15 is 0 Å². The summed E-state index contributed by atoms with van der Waals surface area (Å²) in [5.41, 5.74) is 0.257. The summed E-state index contributed by atoms with van der Waals surface area (Å²) >= 11 is 5.73. The van der Waals surface area contributed by atoms with Crippen molar-refractivity contribution in [1.82, 2.24) is 15.4 Å². The topological polar surface area (TPSA) is 140 Å². The molecular weight excluding hydrogens is 438 g/mol. The van der Waals surface area contributed by atoms with Crippen LogP contribution in [0.15, 0.2) is 40.4 Å². The smallest absolute Gasteiger partial charge is 0.338 e. The van der Waals surface area contributed by atoms with Gasteiger partial charge in [-0.2, -0.15) is 0 Å². The van der Waals surface area contributed by atoms with Gasteiger partial charge in [0.25, 0.3) is 0 Å². The molecule has 0 radical (unpaired) electrons. The number of esters is 2. The Morgan fingerprint density at radius 1 is 1.20 bits per heavy atom. The first kappa shape index (κ1) is 23.6. The molecule has 1 aliphatic rings. The lowest BCUT2D eigenvalue weighted by atomic mass is 10.0. The van der Waals surface area contributed by atoms with Gasteiger partial charge in [-0.1, -0.05) is 11.6 Å². The summed E-state index contributed by atoms with van der Waals surface area (Å²) in [6.07, 6.45) is -0.253. The Morgan fingerprint density at radius 2 is 1.87 bits per heavy atom. The first-order valence-corrected chi connectivity index (χ1v) is 10.9. The zero-order valence-corrected chi connectivity index (χ0v) is 17.9. The summed E-state index contributed by atoms with van der Waals surface area (Å²) in [5.74, 6) is -1.36. The van der Waals surface area contributed by atoms with E-state index in [-0.39, 0.29) is 42.3 Å². The first-order chi connectivity index (χ1) is 14.1. The zero-order valence-electron chi connectivity index (χ0n) is 16.4. The molecule has 30 heavy (non-hydrogen) atoms. The van der Waals surface area contributed by atoms with Crippen molar-refractivity contribution < 1.29 is 32.3 Å². The predicted octanol–water partition coefficient (Wildman–Crippen LogP) is 1.07. The van der Waals surface area contributed by atoms with Crippen LogP contribution in [0.2, 0.25) is 5.02 Å². The minimum atomic E-state index is -3.80. The second kappa shape index (κ2) is 10.4. The number of sulfonamides is 1. The number of halogens is 1. The molecule has 0 saturated carbocycles. The number of urea groups is 1. The average Bonchev–Trinajstić information content (AvgIpc) is 2.66. The van der Waals surface area contributed by atoms with Crippen molar-refractivity contribution in [3.63, 3.8) is 0 Å². The van der Waals surface area contributed by atoms with Crippen LogP contribution in [0.3, 0.4) is 0 Å². The largest absolute Gasteiger partial charge is 0.463 e. The van der Waals surface area contributed by atoms with Gasteiger partial charge in [-0.25, -0.2) is 22.7 Å². The van der Waals surface area contributed by atoms with Crippen molar-refractivity contribution in [3.05, 3.63) is 40.6 Å². The molecule has 1 aromatic carbocycles. The molecule has 2 amide bonds. The Balaban J connectivity index is 1.92. The fourth-order valence-corrected chi connectivity index (χ4v) is 3.76. The number of nitrogens with one attached hydrogen (secondary N) is 3. The first-order valence-electron chi connectivity index (χ1n) is 9.02. The third kappa shape index (κ3) is 6.44. The molecule has 1 aliphatic heterocycles. The third-order valence-corrected chi connectivity index (χ3v) is 5.72. The summed E-state index contributed by atoms with van der Waals surface area (Å²) in [4.78, 5) is 35.8. The van der Waals surface area contributed by atoms with E-state index in [1.54, 1.807) is 13.8 Å². The summed E-state index contributed by atoms with van der Waals surface area (Å²) in [7, 11) is -3.80. The van der Waals surface area contributed by atoms with Gasteiger partial charge < -0.3 is 20.1 Å². The second-order valence-corrected chi connectivity index (χ2v) is 8.40. The molecule has 0 aromatic heterocycles. The SMILES string of the molecule is CCOC(=O)C1=C(COC(=O)CCNS(=O)(=O)c2ccc(Cl)cc2)NC(=O)N[C@@H]1C. The monoisotopic (exact) mass is 459 g/mol. The minimum absolute atomic E-state index is 0.0101. The summed E-state index contributed by atoms with van der Waals surface area (Å²) < 4.78 is 36.6. The van der Waals surface area contributed by atoms with Crippen LogP contribution in [-0.2, 0) is 29.1 Å². The number of hydrogen-bond acceptors (Lipinski definition) is 7. The van der Waals surface area contributed by atoms with Gasteiger partial charge in [0.1, 0.15) is 6.61 Å². The summed E-state index contributed by atoms with van der Waals surface area (Å²) in [5, 5.41) is 5.35. The number of carbonyl (C=O) groups excluding carboxylic acids is 3. The fraction of sp³-hybridized carbons (Fsp3) is 0.389. The molecule has 1 atom stereocenters. The molecule has 0 aliphatic carbocycles. The molecular formula is C18H22ClN3O7S. The van der Waals surface area contributed by atoms with Crippen molar-refractivity contribution in [3.8, 4) is 0 Å². The maximum atomic E-state index is 12.2. The van der Waals surface area contributed by atoms with E-state index in [4.69, 9.17) is 21.1 Å². The Morgan fingerprint density at radius 3 is 2.50 bits per heavy atom. The molecule has 0 bridgehead atoms. The Hall–Kier alpha value is -2.63. The molecule has 0 saturated heterocycles. The highest BCUT2D eigenvalue weighted by atomic mass is 35.5. The van der Waals surface area contributed by atoms with Crippen LogP contribution in [0.4, 0.5) is 4.79 Å². The number of carbonyl (C=O) groups is 3. The molecule has 1 heterocycles. The molecule has 1 aromatic rings. The van der Waals surface area contributed by atoms with E-state index in [1.807, 2.05) is 0 Å². The van der Waals surface area contributed by atoms with Gasteiger partial charge in [0.15, 0.2) is 0 Å². The highest BCUT2D eigenvalue weighted by molar-refractivity contribution is 7.89. The van der Waals surface area contributed by atoms with Crippen molar-refractivity contribution in [1.29, 1.82) is 0 Å².